The smallest absolute Gasteiger partial charge is 0.448 e. The fraction of sp³-hybridized carbons (Fsp3) is 0.321. The van der Waals surface area contributed by atoms with E-state index in [-0.39, 0.29) is 19.1 Å². The predicted octanol–water partition coefficient (Wildman–Crippen LogP) is 4.84. The highest BCUT2D eigenvalue weighted by Gasteiger charge is 2.51. The average molecular weight is 471 g/mol. The molecule has 2 aliphatic rings. The molecule has 1 fully saturated rings. The number of anilines is 1. The van der Waals surface area contributed by atoms with Crippen LogP contribution in [0.3, 0.4) is 0 Å². The molecule has 35 heavy (non-hydrogen) atoms. The first-order chi connectivity index (χ1) is 16.7. The molecule has 3 aromatic carbocycles. The molecule has 0 bridgehead atoms. The number of rotatable bonds is 5. The molecule has 3 aromatic rings. The molecule has 0 atom stereocenters. The summed E-state index contributed by atoms with van der Waals surface area (Å²) in [6.45, 7) is 7.96. The second-order valence-corrected chi connectivity index (χ2v) is 10.1. The van der Waals surface area contributed by atoms with E-state index in [4.69, 9.17) is 14.0 Å². The standard InChI is InChI=1S/C28H30BNO5/c1-27(2)28(3,4)35-29(34-27)19-14-13-18(16-31)25(15-19)30-26(32)33-17-24-22-11-7-5-9-20(22)21-10-6-8-12-23(21)24/h5-15,24,31H,16-17H2,1-4H3,(H,30,32). The molecule has 2 N–H and O–H groups in total. The molecule has 1 aliphatic carbocycles. The summed E-state index contributed by atoms with van der Waals surface area (Å²) in [7, 11) is -0.573. The molecular formula is C28H30BNO5. The van der Waals surface area contributed by atoms with E-state index in [0.717, 1.165) is 16.6 Å². The molecule has 1 saturated heterocycles. The number of aliphatic hydroxyl groups excluding tert-OH is 1. The third kappa shape index (κ3) is 4.24. The minimum Gasteiger partial charge on any atom is -0.448 e. The Morgan fingerprint density at radius 1 is 0.943 bits per heavy atom. The van der Waals surface area contributed by atoms with Crippen molar-refractivity contribution in [2.45, 2.75) is 51.4 Å². The number of hydrogen-bond donors (Lipinski definition) is 2. The first-order valence-corrected chi connectivity index (χ1v) is 11.9. The van der Waals surface area contributed by atoms with E-state index in [0.29, 0.717) is 11.3 Å². The molecule has 0 radical (unpaired) electrons. The van der Waals surface area contributed by atoms with Crippen LogP contribution in [0.2, 0.25) is 0 Å². The summed E-state index contributed by atoms with van der Waals surface area (Å²) < 4.78 is 18.0. The molecule has 6 nitrogen and oxygen atoms in total. The molecule has 0 unspecified atom stereocenters. The number of nitrogens with one attached hydrogen (secondary N) is 1. The van der Waals surface area contributed by atoms with Gasteiger partial charge in [0.15, 0.2) is 0 Å². The number of carbonyl (C=O) groups is 1. The van der Waals surface area contributed by atoms with Gasteiger partial charge in [-0.15, -0.1) is 0 Å². The van der Waals surface area contributed by atoms with E-state index in [1.165, 1.54) is 11.1 Å². The number of fused-ring (bicyclic) bond motifs is 3. The lowest BCUT2D eigenvalue weighted by Crippen LogP contribution is -2.41. The quantitative estimate of drug-likeness (QED) is 0.521. The lowest BCUT2D eigenvalue weighted by Gasteiger charge is -2.32. The van der Waals surface area contributed by atoms with Crippen LogP contribution < -0.4 is 10.8 Å². The van der Waals surface area contributed by atoms with Gasteiger partial charge in [0.25, 0.3) is 0 Å². The number of ether oxygens (including phenoxy) is 1. The number of benzene rings is 3. The summed E-state index contributed by atoms with van der Waals surface area (Å²) in [5.41, 5.74) is 5.51. The zero-order valence-electron chi connectivity index (χ0n) is 20.5. The molecule has 1 aliphatic heterocycles. The second kappa shape index (κ2) is 8.83. The van der Waals surface area contributed by atoms with Crippen molar-refractivity contribution in [2.24, 2.45) is 0 Å². The van der Waals surface area contributed by atoms with E-state index >= 15 is 0 Å². The summed E-state index contributed by atoms with van der Waals surface area (Å²) in [4.78, 5) is 12.8. The van der Waals surface area contributed by atoms with Gasteiger partial charge in [0.2, 0.25) is 0 Å². The minimum atomic E-state index is -0.576. The zero-order chi connectivity index (χ0) is 24.8. The zero-order valence-corrected chi connectivity index (χ0v) is 20.5. The van der Waals surface area contributed by atoms with Gasteiger partial charge in [-0.2, -0.15) is 0 Å². The van der Waals surface area contributed by atoms with Gasteiger partial charge in [0.1, 0.15) is 6.61 Å². The summed E-state index contributed by atoms with van der Waals surface area (Å²) in [5.74, 6) is -0.0263. The first-order valence-electron chi connectivity index (χ1n) is 11.9. The Hall–Kier alpha value is -3.13. The van der Waals surface area contributed by atoms with Gasteiger partial charge in [-0.25, -0.2) is 4.79 Å². The normalized spacial score (nSPS) is 17.7. The molecule has 7 heteroatoms. The van der Waals surface area contributed by atoms with Gasteiger partial charge in [-0.3, -0.25) is 5.32 Å². The summed E-state index contributed by atoms with van der Waals surface area (Å²) in [6, 6.07) is 21.8. The highest BCUT2D eigenvalue weighted by molar-refractivity contribution is 6.62. The maximum Gasteiger partial charge on any atom is 0.494 e. The Morgan fingerprint density at radius 3 is 2.09 bits per heavy atom. The number of aliphatic hydroxyl groups is 1. The average Bonchev–Trinajstić information content (AvgIpc) is 3.27. The maximum atomic E-state index is 12.8. The molecule has 0 saturated carbocycles. The van der Waals surface area contributed by atoms with Gasteiger partial charge in [0, 0.05) is 17.2 Å². The van der Waals surface area contributed by atoms with Crippen LogP contribution in [-0.2, 0) is 20.7 Å². The van der Waals surface area contributed by atoms with Gasteiger partial charge in [0.05, 0.1) is 17.8 Å². The van der Waals surface area contributed by atoms with Crippen molar-refractivity contribution in [3.63, 3.8) is 0 Å². The van der Waals surface area contributed by atoms with Crippen molar-refractivity contribution in [1.29, 1.82) is 0 Å². The van der Waals surface area contributed by atoms with Crippen molar-refractivity contribution in [1.82, 2.24) is 0 Å². The minimum absolute atomic E-state index is 0.0263. The van der Waals surface area contributed by atoms with Gasteiger partial charge >= 0.3 is 13.2 Å². The number of amides is 1. The van der Waals surface area contributed by atoms with E-state index in [9.17, 15) is 9.90 Å². The molecule has 180 valence electrons. The maximum absolute atomic E-state index is 12.8. The second-order valence-electron chi connectivity index (χ2n) is 10.1. The lowest BCUT2D eigenvalue weighted by molar-refractivity contribution is 0.00578. The molecular weight excluding hydrogens is 441 g/mol. The van der Waals surface area contributed by atoms with Crippen LogP contribution in [0.15, 0.2) is 66.7 Å². The SMILES string of the molecule is CC1(C)OB(c2ccc(CO)c(NC(=O)OCC3c4ccccc4-c4ccccc43)c2)OC1(C)C. The molecule has 5 rings (SSSR count). The highest BCUT2D eigenvalue weighted by Crippen LogP contribution is 2.44. The van der Waals surface area contributed by atoms with Crippen LogP contribution in [-0.4, -0.2) is 36.1 Å². The fourth-order valence-electron chi connectivity index (χ4n) is 4.72. The van der Waals surface area contributed by atoms with Crippen LogP contribution >= 0.6 is 0 Å². The number of hydrogen-bond acceptors (Lipinski definition) is 5. The van der Waals surface area contributed by atoms with Crippen molar-refractivity contribution in [3.8, 4) is 11.1 Å². The Kier molecular flexibility index (Phi) is 5.95. The summed E-state index contributed by atoms with van der Waals surface area (Å²) >= 11 is 0. The van der Waals surface area contributed by atoms with Gasteiger partial charge < -0.3 is 19.2 Å². The lowest BCUT2D eigenvalue weighted by atomic mass is 9.78. The van der Waals surface area contributed by atoms with Gasteiger partial charge in [-0.05, 0) is 61.5 Å². The number of carbonyl (C=O) groups excluding carboxylic acids is 1. The van der Waals surface area contributed by atoms with E-state index < -0.39 is 24.4 Å². The van der Waals surface area contributed by atoms with Crippen molar-refractivity contribution < 1.29 is 23.9 Å². The Balaban J connectivity index is 1.31. The highest BCUT2D eigenvalue weighted by atomic mass is 16.7. The first kappa shape index (κ1) is 23.6. The topological polar surface area (TPSA) is 77.0 Å². The third-order valence-electron chi connectivity index (χ3n) is 7.41. The van der Waals surface area contributed by atoms with E-state index in [2.05, 4.69) is 29.6 Å². The van der Waals surface area contributed by atoms with Crippen molar-refractivity contribution in [2.75, 3.05) is 11.9 Å². The summed E-state index contributed by atoms with van der Waals surface area (Å²) in [6.07, 6.45) is -0.576. The Labute approximate surface area is 206 Å². The monoisotopic (exact) mass is 471 g/mol. The van der Waals surface area contributed by atoms with Crippen LogP contribution in [0.1, 0.15) is 50.3 Å². The van der Waals surface area contributed by atoms with Crippen LogP contribution in [0, 0.1) is 0 Å². The van der Waals surface area contributed by atoms with Crippen LogP contribution in [0.25, 0.3) is 11.1 Å². The van der Waals surface area contributed by atoms with Gasteiger partial charge in [-0.1, -0.05) is 60.7 Å². The predicted molar refractivity (Wildman–Crippen MR) is 137 cm³/mol. The Bertz CT molecular complexity index is 1210. The third-order valence-corrected chi connectivity index (χ3v) is 7.41. The van der Waals surface area contributed by atoms with Crippen LogP contribution in [0.4, 0.5) is 10.5 Å². The van der Waals surface area contributed by atoms with Crippen molar-refractivity contribution in [3.05, 3.63) is 83.4 Å². The van der Waals surface area contributed by atoms with E-state index in [1.807, 2.05) is 58.0 Å². The largest absolute Gasteiger partial charge is 0.494 e. The van der Waals surface area contributed by atoms with E-state index in [1.54, 1.807) is 12.1 Å². The molecule has 0 aromatic heterocycles. The molecule has 1 heterocycles. The van der Waals surface area contributed by atoms with Crippen LogP contribution in [0.5, 0.6) is 0 Å². The Morgan fingerprint density at radius 2 is 1.51 bits per heavy atom. The summed E-state index contributed by atoms with van der Waals surface area (Å²) in [5, 5.41) is 12.6. The molecule has 1 amide bonds. The van der Waals surface area contributed by atoms with Crippen molar-refractivity contribution >= 4 is 24.4 Å². The fourth-order valence-corrected chi connectivity index (χ4v) is 4.72. The molecule has 0 spiro atoms.